The lowest BCUT2D eigenvalue weighted by Crippen LogP contribution is -2.44. The van der Waals surface area contributed by atoms with Gasteiger partial charge in [-0.1, -0.05) is 44.2 Å². The molecule has 0 saturated carbocycles. The largest absolute Gasteiger partial charge is 0.489 e. The van der Waals surface area contributed by atoms with E-state index < -0.39 is 5.60 Å². The van der Waals surface area contributed by atoms with Crippen molar-refractivity contribution in [3.05, 3.63) is 59.7 Å². The third-order valence-corrected chi connectivity index (χ3v) is 4.41. The van der Waals surface area contributed by atoms with Gasteiger partial charge in [-0.05, 0) is 62.4 Å². The fraction of sp³-hybridized carbons (Fsp3) is 0.435. The molecule has 0 unspecified atom stereocenters. The second-order valence-electron chi connectivity index (χ2n) is 7.47. The highest BCUT2D eigenvalue weighted by Gasteiger charge is 2.34. The van der Waals surface area contributed by atoms with E-state index in [-0.39, 0.29) is 5.91 Å². The molecular formula is C23H31NO3. The molecule has 2 aromatic rings. The van der Waals surface area contributed by atoms with Crippen LogP contribution in [0.3, 0.4) is 0 Å². The van der Waals surface area contributed by atoms with Gasteiger partial charge in [-0.25, -0.2) is 0 Å². The molecule has 0 fully saturated rings. The highest BCUT2D eigenvalue weighted by Crippen LogP contribution is 2.26. The van der Waals surface area contributed by atoms with Crippen molar-refractivity contribution in [2.24, 2.45) is 5.92 Å². The Labute approximate surface area is 162 Å². The van der Waals surface area contributed by atoms with Crippen molar-refractivity contribution < 1.29 is 14.3 Å². The number of hydrogen-bond acceptors (Lipinski definition) is 3. The average molecular weight is 370 g/mol. The van der Waals surface area contributed by atoms with Crippen molar-refractivity contribution in [2.75, 3.05) is 11.9 Å². The van der Waals surface area contributed by atoms with Crippen LogP contribution in [0.2, 0.25) is 0 Å². The number of rotatable bonds is 9. The molecule has 0 heterocycles. The maximum Gasteiger partial charge on any atom is 0.256 e. The molecule has 0 aromatic heterocycles. The Hall–Kier alpha value is -2.33. The lowest BCUT2D eigenvalue weighted by atomic mass is 9.93. The number of carbonyl (C=O) groups is 1. The van der Waals surface area contributed by atoms with Crippen molar-refractivity contribution >= 4 is 11.6 Å². The summed E-state index contributed by atoms with van der Waals surface area (Å²) in [6.07, 6.45) is 0.671. The summed E-state index contributed by atoms with van der Waals surface area (Å²) in [5.41, 5.74) is 2.01. The van der Waals surface area contributed by atoms with Crippen LogP contribution in [-0.4, -0.2) is 18.1 Å². The smallest absolute Gasteiger partial charge is 0.256 e. The van der Waals surface area contributed by atoms with E-state index >= 15 is 0 Å². The molecule has 0 radical (unpaired) electrons. The number of anilines is 1. The summed E-state index contributed by atoms with van der Waals surface area (Å²) >= 11 is 0. The second-order valence-corrected chi connectivity index (χ2v) is 7.47. The van der Waals surface area contributed by atoms with E-state index in [1.807, 2.05) is 69.3 Å². The summed E-state index contributed by atoms with van der Waals surface area (Å²) in [4.78, 5) is 12.8. The molecule has 0 bridgehead atoms. The van der Waals surface area contributed by atoms with Gasteiger partial charge in [-0.2, -0.15) is 0 Å². The van der Waals surface area contributed by atoms with E-state index in [0.29, 0.717) is 25.6 Å². The van der Waals surface area contributed by atoms with Crippen molar-refractivity contribution in [1.29, 1.82) is 0 Å². The quantitative estimate of drug-likeness (QED) is 0.648. The molecule has 146 valence electrons. The summed E-state index contributed by atoms with van der Waals surface area (Å²) in [5.74, 6) is 1.06. The minimum absolute atomic E-state index is 0.115. The van der Waals surface area contributed by atoms with Gasteiger partial charge in [0.1, 0.15) is 18.0 Å². The number of hydrogen-bond donors (Lipinski definition) is 1. The zero-order chi connectivity index (χ0) is 19.9. The number of aryl methyl sites for hydroxylation is 1. The third-order valence-electron chi connectivity index (χ3n) is 4.41. The molecule has 0 spiro atoms. The van der Waals surface area contributed by atoms with Crippen molar-refractivity contribution in [2.45, 2.75) is 53.2 Å². The first-order valence-electron chi connectivity index (χ1n) is 9.57. The lowest BCUT2D eigenvalue weighted by molar-refractivity contribution is -0.140. The van der Waals surface area contributed by atoms with Gasteiger partial charge >= 0.3 is 0 Å². The molecule has 2 aromatic carbocycles. The lowest BCUT2D eigenvalue weighted by Gasteiger charge is -2.30. The Morgan fingerprint density at radius 1 is 1.15 bits per heavy atom. The van der Waals surface area contributed by atoms with Crippen LogP contribution in [-0.2, 0) is 16.1 Å². The molecule has 1 amide bonds. The van der Waals surface area contributed by atoms with Gasteiger partial charge in [0, 0.05) is 12.3 Å². The number of benzene rings is 2. The Bertz CT molecular complexity index is 743. The highest BCUT2D eigenvalue weighted by atomic mass is 16.5. The predicted octanol–water partition coefficient (Wildman–Crippen LogP) is 5.35. The van der Waals surface area contributed by atoms with Gasteiger partial charge in [-0.3, -0.25) is 4.79 Å². The van der Waals surface area contributed by atoms with E-state index in [1.54, 1.807) is 0 Å². The van der Waals surface area contributed by atoms with Gasteiger partial charge in [0.25, 0.3) is 5.91 Å². The van der Waals surface area contributed by atoms with Gasteiger partial charge in [-0.15, -0.1) is 0 Å². The minimum atomic E-state index is -0.834. The van der Waals surface area contributed by atoms with Crippen LogP contribution in [0.5, 0.6) is 5.75 Å². The highest BCUT2D eigenvalue weighted by molar-refractivity contribution is 5.97. The fourth-order valence-corrected chi connectivity index (χ4v) is 3.20. The molecule has 1 N–H and O–H groups in total. The Kier molecular flexibility index (Phi) is 7.43. The minimum Gasteiger partial charge on any atom is -0.489 e. The van der Waals surface area contributed by atoms with Crippen LogP contribution in [0, 0.1) is 12.8 Å². The van der Waals surface area contributed by atoms with Gasteiger partial charge in [0.15, 0.2) is 0 Å². The monoisotopic (exact) mass is 369 g/mol. The van der Waals surface area contributed by atoms with E-state index in [0.717, 1.165) is 22.6 Å². The summed E-state index contributed by atoms with van der Waals surface area (Å²) in [6, 6.07) is 15.7. The molecule has 0 saturated heterocycles. The molecule has 27 heavy (non-hydrogen) atoms. The topological polar surface area (TPSA) is 47.6 Å². The maximum absolute atomic E-state index is 12.8. The number of ether oxygens (including phenoxy) is 2. The van der Waals surface area contributed by atoms with Crippen LogP contribution in [0.1, 0.15) is 45.2 Å². The molecule has 4 heteroatoms. The SMILES string of the molecule is CCO[C@@](C)(CC(C)C)C(=O)Nc1ccc(OCc2ccccc2)c(C)c1. The number of carbonyl (C=O) groups excluding carboxylic acids is 1. The summed E-state index contributed by atoms with van der Waals surface area (Å²) in [6.45, 7) is 10.9. The first-order chi connectivity index (χ1) is 12.8. The molecule has 2 rings (SSSR count). The van der Waals surface area contributed by atoms with Crippen molar-refractivity contribution in [3.63, 3.8) is 0 Å². The van der Waals surface area contributed by atoms with E-state index in [2.05, 4.69) is 19.2 Å². The summed E-state index contributed by atoms with van der Waals surface area (Å²) < 4.78 is 11.7. The van der Waals surface area contributed by atoms with E-state index in [9.17, 15) is 4.79 Å². The molecule has 4 nitrogen and oxygen atoms in total. The van der Waals surface area contributed by atoms with Gasteiger partial charge < -0.3 is 14.8 Å². The normalized spacial score (nSPS) is 13.3. The standard InChI is InChI=1S/C23H31NO3/c1-6-27-23(5,15-17(2)3)22(25)24-20-12-13-21(18(4)14-20)26-16-19-10-8-7-9-11-19/h7-14,17H,6,15-16H2,1-5H3,(H,24,25)/t23-/m0/s1. The first-order valence-corrected chi connectivity index (χ1v) is 9.57. The van der Waals surface area contributed by atoms with Crippen LogP contribution in [0.25, 0.3) is 0 Å². The maximum atomic E-state index is 12.8. The molecular weight excluding hydrogens is 338 g/mol. The molecule has 0 aliphatic carbocycles. The zero-order valence-corrected chi connectivity index (χ0v) is 17.0. The summed E-state index contributed by atoms with van der Waals surface area (Å²) in [5, 5.41) is 3.00. The van der Waals surface area contributed by atoms with Crippen LogP contribution < -0.4 is 10.1 Å². The van der Waals surface area contributed by atoms with Crippen LogP contribution in [0.4, 0.5) is 5.69 Å². The van der Waals surface area contributed by atoms with Crippen LogP contribution >= 0.6 is 0 Å². The van der Waals surface area contributed by atoms with E-state index in [4.69, 9.17) is 9.47 Å². The number of amides is 1. The molecule has 0 aliphatic rings. The van der Waals surface area contributed by atoms with E-state index in [1.165, 1.54) is 0 Å². The zero-order valence-electron chi connectivity index (χ0n) is 17.0. The molecule has 0 aliphatic heterocycles. The van der Waals surface area contributed by atoms with Crippen molar-refractivity contribution in [1.82, 2.24) is 0 Å². The van der Waals surface area contributed by atoms with Crippen LogP contribution in [0.15, 0.2) is 48.5 Å². The predicted molar refractivity (Wildman–Crippen MR) is 110 cm³/mol. The Morgan fingerprint density at radius 2 is 1.85 bits per heavy atom. The molecule has 1 atom stereocenters. The Balaban J connectivity index is 2.04. The number of nitrogens with one attached hydrogen (secondary N) is 1. The first kappa shape index (κ1) is 21.0. The third kappa shape index (κ3) is 6.10. The Morgan fingerprint density at radius 3 is 2.44 bits per heavy atom. The summed E-state index contributed by atoms with van der Waals surface area (Å²) in [7, 11) is 0. The fourth-order valence-electron chi connectivity index (χ4n) is 3.20. The van der Waals surface area contributed by atoms with Gasteiger partial charge in [0.2, 0.25) is 0 Å². The average Bonchev–Trinajstić information content (AvgIpc) is 2.61. The second kappa shape index (κ2) is 9.56. The van der Waals surface area contributed by atoms with Crippen molar-refractivity contribution in [3.8, 4) is 5.75 Å². The van der Waals surface area contributed by atoms with Gasteiger partial charge in [0.05, 0.1) is 0 Å².